The van der Waals surface area contributed by atoms with E-state index in [-0.39, 0.29) is 11.6 Å². The van der Waals surface area contributed by atoms with Crippen molar-refractivity contribution in [1.29, 1.82) is 0 Å². The number of fused-ring (bicyclic) bond motifs is 3. The first kappa shape index (κ1) is 18.9. The van der Waals surface area contributed by atoms with E-state index in [4.69, 9.17) is 9.40 Å². The molecule has 2 aliphatic carbocycles. The van der Waals surface area contributed by atoms with Crippen LogP contribution in [0.2, 0.25) is 0 Å². The lowest BCUT2D eigenvalue weighted by molar-refractivity contribution is 0.419. The Bertz CT molecular complexity index is 1190. The van der Waals surface area contributed by atoms with Crippen molar-refractivity contribution < 1.29 is 9.52 Å². The van der Waals surface area contributed by atoms with Gasteiger partial charge in [-0.1, -0.05) is 24.6 Å². The molecule has 0 aliphatic heterocycles. The largest absolute Gasteiger partial charge is 0.502 e. The number of hydrogen-bond acceptors (Lipinski definition) is 7. The van der Waals surface area contributed by atoms with Gasteiger partial charge in [0.2, 0.25) is 5.43 Å². The van der Waals surface area contributed by atoms with Gasteiger partial charge in [-0.3, -0.25) is 14.2 Å². The molecular weight excluding hydrogens is 408 g/mol. The van der Waals surface area contributed by atoms with E-state index in [0.717, 1.165) is 61.4 Å². The third-order valence-electron chi connectivity index (χ3n) is 5.89. The molecule has 0 atom stereocenters. The van der Waals surface area contributed by atoms with Crippen LogP contribution in [0.3, 0.4) is 0 Å². The van der Waals surface area contributed by atoms with Crippen molar-refractivity contribution in [2.45, 2.75) is 68.3 Å². The van der Waals surface area contributed by atoms with Gasteiger partial charge < -0.3 is 9.52 Å². The summed E-state index contributed by atoms with van der Waals surface area (Å²) in [5.74, 6) is 0.437. The lowest BCUT2D eigenvalue weighted by Gasteiger charge is -2.18. The fraction of sp³-hybridized carbons (Fsp3) is 0.476. The summed E-state index contributed by atoms with van der Waals surface area (Å²) >= 11 is 3.08. The predicted octanol–water partition coefficient (Wildman–Crippen LogP) is 4.40. The molecule has 0 aromatic carbocycles. The van der Waals surface area contributed by atoms with Gasteiger partial charge in [0.1, 0.15) is 16.9 Å². The quantitative estimate of drug-likeness (QED) is 0.488. The highest BCUT2D eigenvalue weighted by atomic mass is 32.2. The second-order valence-corrected chi connectivity index (χ2v) is 9.81. The molecule has 0 spiro atoms. The first-order valence-corrected chi connectivity index (χ1v) is 11.9. The summed E-state index contributed by atoms with van der Waals surface area (Å²) in [5, 5.41) is 10.9. The monoisotopic (exact) mass is 430 g/mol. The average molecular weight is 431 g/mol. The molecule has 1 fully saturated rings. The van der Waals surface area contributed by atoms with Crippen LogP contribution in [0.5, 0.6) is 5.75 Å². The van der Waals surface area contributed by atoms with Gasteiger partial charge in [-0.25, -0.2) is 4.98 Å². The average Bonchev–Trinajstić information content (AvgIpc) is 3.36. The van der Waals surface area contributed by atoms with E-state index in [1.165, 1.54) is 34.7 Å². The molecule has 0 saturated heterocycles. The third kappa shape index (κ3) is 3.42. The SMILES string of the molecule is O=c1cc(CSc2nc3sc4c(c3c(=O)n2C2CCCC2)CCCC4)occ1O. The standard InChI is InChI=1S/C21H22N2O4S2/c24-15-9-13(27-10-16(15)25)11-28-21-22-19-18(14-7-3-4-8-17(14)29-19)20(26)23(21)12-5-1-2-6-12/h9-10,12,25H,1-8,11H2. The first-order valence-electron chi connectivity index (χ1n) is 10.1. The normalized spacial score (nSPS) is 17.1. The van der Waals surface area contributed by atoms with E-state index < -0.39 is 11.2 Å². The molecule has 0 unspecified atom stereocenters. The number of thioether (sulfide) groups is 1. The topological polar surface area (TPSA) is 85.3 Å². The molecule has 5 rings (SSSR count). The Hall–Kier alpha value is -2.06. The van der Waals surface area contributed by atoms with Crippen molar-refractivity contribution in [3.05, 3.63) is 49.1 Å². The summed E-state index contributed by atoms with van der Waals surface area (Å²) in [6.07, 6.45) is 9.66. The maximum atomic E-state index is 13.6. The van der Waals surface area contributed by atoms with Crippen LogP contribution in [0.15, 0.2) is 31.5 Å². The van der Waals surface area contributed by atoms with E-state index in [2.05, 4.69) is 0 Å². The predicted molar refractivity (Wildman–Crippen MR) is 114 cm³/mol. The molecule has 0 bridgehead atoms. The van der Waals surface area contributed by atoms with Crippen molar-refractivity contribution in [2.75, 3.05) is 0 Å². The van der Waals surface area contributed by atoms with Crippen LogP contribution in [-0.2, 0) is 18.6 Å². The minimum atomic E-state index is -0.464. The van der Waals surface area contributed by atoms with E-state index in [1.54, 1.807) is 11.3 Å². The molecule has 8 heteroatoms. The summed E-state index contributed by atoms with van der Waals surface area (Å²) in [6, 6.07) is 1.48. The van der Waals surface area contributed by atoms with Gasteiger partial charge in [0.15, 0.2) is 10.9 Å². The molecular formula is C21H22N2O4S2. The Morgan fingerprint density at radius 1 is 1.21 bits per heavy atom. The summed E-state index contributed by atoms with van der Waals surface area (Å²) in [6.45, 7) is 0. The molecule has 0 amide bonds. The first-order chi connectivity index (χ1) is 14.1. The highest BCUT2D eigenvalue weighted by molar-refractivity contribution is 7.98. The molecule has 1 saturated carbocycles. The minimum Gasteiger partial charge on any atom is -0.502 e. The number of thiophene rings is 1. The summed E-state index contributed by atoms with van der Waals surface area (Å²) in [7, 11) is 0. The number of rotatable bonds is 4. The smallest absolute Gasteiger partial charge is 0.263 e. The van der Waals surface area contributed by atoms with Gasteiger partial charge in [0.25, 0.3) is 5.56 Å². The maximum Gasteiger partial charge on any atom is 0.263 e. The highest BCUT2D eigenvalue weighted by Crippen LogP contribution is 2.37. The van der Waals surface area contributed by atoms with Gasteiger partial charge in [0.05, 0.1) is 11.1 Å². The van der Waals surface area contributed by atoms with Crippen LogP contribution in [0, 0.1) is 0 Å². The molecule has 0 radical (unpaired) electrons. The van der Waals surface area contributed by atoms with Crippen molar-refractivity contribution in [2.24, 2.45) is 0 Å². The Labute approximate surface area is 175 Å². The molecule has 2 aliphatic rings. The Morgan fingerprint density at radius 2 is 2.00 bits per heavy atom. The molecule has 29 heavy (non-hydrogen) atoms. The molecule has 6 nitrogen and oxygen atoms in total. The number of hydrogen-bond donors (Lipinski definition) is 1. The Balaban J connectivity index is 1.59. The fourth-order valence-corrected chi connectivity index (χ4v) is 6.70. The Kier molecular flexibility index (Phi) is 4.99. The van der Waals surface area contributed by atoms with Crippen LogP contribution in [-0.4, -0.2) is 14.7 Å². The van der Waals surface area contributed by atoms with Gasteiger partial charge in [0, 0.05) is 17.0 Å². The van der Waals surface area contributed by atoms with Gasteiger partial charge in [-0.15, -0.1) is 11.3 Å². The third-order valence-corrected chi connectivity index (χ3v) is 8.05. The number of nitrogens with zero attached hydrogens (tertiary/aromatic N) is 2. The number of aryl methyl sites for hydroxylation is 2. The van der Waals surface area contributed by atoms with Crippen LogP contribution >= 0.6 is 23.1 Å². The van der Waals surface area contributed by atoms with Crippen molar-refractivity contribution in [1.82, 2.24) is 9.55 Å². The van der Waals surface area contributed by atoms with Gasteiger partial charge in [-0.05, 0) is 44.1 Å². The summed E-state index contributed by atoms with van der Waals surface area (Å²) in [4.78, 5) is 32.3. The zero-order valence-corrected chi connectivity index (χ0v) is 17.6. The summed E-state index contributed by atoms with van der Waals surface area (Å²) in [5.41, 5.74) is 0.854. The second kappa shape index (κ2) is 7.65. The van der Waals surface area contributed by atoms with Crippen LogP contribution < -0.4 is 11.0 Å². The van der Waals surface area contributed by atoms with E-state index in [1.807, 2.05) is 4.57 Å². The zero-order valence-electron chi connectivity index (χ0n) is 16.0. The van der Waals surface area contributed by atoms with E-state index in [9.17, 15) is 14.7 Å². The van der Waals surface area contributed by atoms with Crippen LogP contribution in [0.4, 0.5) is 0 Å². The second-order valence-electron chi connectivity index (χ2n) is 7.78. The highest BCUT2D eigenvalue weighted by Gasteiger charge is 2.27. The molecule has 3 heterocycles. The number of aromatic nitrogens is 2. The molecule has 1 N–H and O–H groups in total. The van der Waals surface area contributed by atoms with Crippen molar-refractivity contribution in [3.8, 4) is 5.75 Å². The number of aromatic hydroxyl groups is 1. The molecule has 3 aromatic heterocycles. The Morgan fingerprint density at radius 3 is 2.79 bits per heavy atom. The van der Waals surface area contributed by atoms with E-state index in [0.29, 0.717) is 16.7 Å². The van der Waals surface area contributed by atoms with E-state index >= 15 is 0 Å². The lowest BCUT2D eigenvalue weighted by Crippen LogP contribution is -2.26. The minimum absolute atomic E-state index is 0.0935. The zero-order chi connectivity index (χ0) is 20.0. The van der Waals surface area contributed by atoms with Crippen molar-refractivity contribution >= 4 is 33.3 Å². The lowest BCUT2D eigenvalue weighted by atomic mass is 9.97. The maximum absolute atomic E-state index is 13.6. The van der Waals surface area contributed by atoms with Gasteiger partial charge >= 0.3 is 0 Å². The van der Waals surface area contributed by atoms with Crippen LogP contribution in [0.25, 0.3) is 10.2 Å². The van der Waals surface area contributed by atoms with Crippen LogP contribution in [0.1, 0.15) is 60.8 Å². The molecule has 3 aromatic rings. The van der Waals surface area contributed by atoms with Gasteiger partial charge in [-0.2, -0.15) is 0 Å². The summed E-state index contributed by atoms with van der Waals surface area (Å²) < 4.78 is 7.23. The molecule has 152 valence electrons. The fourth-order valence-electron chi connectivity index (χ4n) is 4.44. The van der Waals surface area contributed by atoms with Crippen molar-refractivity contribution in [3.63, 3.8) is 0 Å².